The highest BCUT2D eigenvalue weighted by molar-refractivity contribution is 5.70. The Morgan fingerprint density at radius 1 is 1.40 bits per heavy atom. The average molecular weight is 135 g/mol. The van der Waals surface area contributed by atoms with Gasteiger partial charge in [0.1, 0.15) is 18.2 Å². The lowest BCUT2D eigenvalue weighted by molar-refractivity contribution is 0.554. The van der Waals surface area contributed by atoms with E-state index in [4.69, 9.17) is 10.2 Å². The molecule has 2 heterocycles. The third-order valence-electron chi connectivity index (χ3n) is 1.29. The summed E-state index contributed by atoms with van der Waals surface area (Å²) >= 11 is 0. The highest BCUT2D eigenvalue weighted by Gasteiger charge is 2.07. The van der Waals surface area contributed by atoms with E-state index >= 15 is 0 Å². The Labute approximate surface area is 57.0 Å². The Hall–Kier alpha value is -1.58. The van der Waals surface area contributed by atoms with Crippen LogP contribution >= 0.6 is 0 Å². The van der Waals surface area contributed by atoms with Gasteiger partial charge in [0.15, 0.2) is 0 Å². The molecule has 0 aromatic heterocycles. The molecule has 4 heteroatoms. The molecule has 50 valence electrons. The quantitative estimate of drug-likeness (QED) is 0.579. The first-order chi connectivity index (χ1) is 4.88. The number of nitrogens with zero attached hydrogens (tertiary/aromatic N) is 2. The van der Waals surface area contributed by atoms with Gasteiger partial charge in [-0.2, -0.15) is 5.10 Å². The Morgan fingerprint density at radius 2 is 2.30 bits per heavy atom. The molecule has 0 saturated carbocycles. The van der Waals surface area contributed by atoms with Gasteiger partial charge in [-0.15, -0.1) is 5.10 Å². The van der Waals surface area contributed by atoms with Crippen molar-refractivity contribution in [2.24, 2.45) is 0 Å². The van der Waals surface area contributed by atoms with Crippen LogP contribution in [-0.4, -0.2) is 10.2 Å². The van der Waals surface area contributed by atoms with E-state index in [2.05, 4.69) is 10.2 Å². The van der Waals surface area contributed by atoms with E-state index in [1.165, 1.54) is 6.26 Å². The summed E-state index contributed by atoms with van der Waals surface area (Å²) in [4.78, 5) is 0. The summed E-state index contributed by atoms with van der Waals surface area (Å²) < 4.78 is 4.87. The Bertz CT molecular complexity index is 317. The topological polar surface area (TPSA) is 64.9 Å². The molecule has 0 aromatic carbocycles. The number of rotatable bonds is 0. The van der Waals surface area contributed by atoms with Crippen LogP contribution in [0.15, 0.2) is 23.1 Å². The average Bonchev–Trinajstić information content (AvgIpc) is 2.36. The fourth-order valence-corrected chi connectivity index (χ4v) is 0.815. The molecule has 4 nitrogen and oxygen atoms in total. The first-order valence-electron chi connectivity index (χ1n) is 2.81. The summed E-state index contributed by atoms with van der Waals surface area (Å²) in [5.74, 6) is 0. The molecule has 0 unspecified atom stereocenters. The van der Waals surface area contributed by atoms with Gasteiger partial charge in [-0.1, -0.05) is 0 Å². The van der Waals surface area contributed by atoms with Crippen LogP contribution < -0.4 is 5.73 Å². The fourth-order valence-electron chi connectivity index (χ4n) is 0.815. The van der Waals surface area contributed by atoms with Crippen molar-refractivity contribution in [2.75, 3.05) is 5.73 Å². The highest BCUT2D eigenvalue weighted by atomic mass is 16.3. The highest BCUT2D eigenvalue weighted by Crippen LogP contribution is 2.23. The number of hydrogen-bond donors (Lipinski definition) is 1. The second-order valence-electron chi connectivity index (χ2n) is 1.98. The standard InChI is InChI=1S/C6H5N3O/c7-5-3-10-2-4-1-8-9-6(4)5/h1-3H,7H2. The van der Waals surface area contributed by atoms with E-state index in [0.717, 1.165) is 5.56 Å². The third-order valence-corrected chi connectivity index (χ3v) is 1.29. The number of aromatic nitrogens is 2. The molecule has 0 fully saturated rings. The van der Waals surface area contributed by atoms with E-state index < -0.39 is 0 Å². The summed E-state index contributed by atoms with van der Waals surface area (Å²) in [5.41, 5.74) is 7.56. The monoisotopic (exact) mass is 135 g/mol. The van der Waals surface area contributed by atoms with E-state index in [1.807, 2.05) is 0 Å². The van der Waals surface area contributed by atoms with E-state index in [1.54, 1.807) is 12.5 Å². The minimum Gasteiger partial charge on any atom is -0.470 e. The summed E-state index contributed by atoms with van der Waals surface area (Å²) in [5, 5.41) is 7.46. The largest absolute Gasteiger partial charge is 0.470 e. The van der Waals surface area contributed by atoms with Gasteiger partial charge in [0, 0.05) is 0 Å². The lowest BCUT2D eigenvalue weighted by Gasteiger charge is -1.95. The molecule has 2 rings (SSSR count). The van der Waals surface area contributed by atoms with Crippen molar-refractivity contribution in [3.05, 3.63) is 18.7 Å². The van der Waals surface area contributed by atoms with Gasteiger partial charge in [-0.05, 0) is 0 Å². The van der Waals surface area contributed by atoms with Crippen LogP contribution in [0.4, 0.5) is 5.69 Å². The predicted molar refractivity (Wildman–Crippen MR) is 35.3 cm³/mol. The molecule has 0 saturated heterocycles. The molecule has 2 aliphatic rings. The van der Waals surface area contributed by atoms with Gasteiger partial charge in [0.2, 0.25) is 0 Å². The van der Waals surface area contributed by atoms with Gasteiger partial charge < -0.3 is 10.2 Å². The molecule has 0 aliphatic carbocycles. The zero-order chi connectivity index (χ0) is 6.97. The Morgan fingerprint density at radius 3 is 3.10 bits per heavy atom. The van der Waals surface area contributed by atoms with E-state index in [-0.39, 0.29) is 0 Å². The van der Waals surface area contributed by atoms with Crippen LogP contribution in [0.2, 0.25) is 0 Å². The normalized spacial score (nSPS) is 10.4. The number of anilines is 1. The van der Waals surface area contributed by atoms with Crippen molar-refractivity contribution in [3.8, 4) is 11.3 Å². The number of nitrogen functional groups attached to an aromatic ring is 1. The zero-order valence-electron chi connectivity index (χ0n) is 5.11. The van der Waals surface area contributed by atoms with Crippen molar-refractivity contribution in [2.45, 2.75) is 0 Å². The molecule has 0 bridgehead atoms. The molecule has 10 heavy (non-hydrogen) atoms. The summed E-state index contributed by atoms with van der Waals surface area (Å²) in [7, 11) is 0. The van der Waals surface area contributed by atoms with Crippen LogP contribution in [0.1, 0.15) is 0 Å². The second kappa shape index (κ2) is 1.70. The molecule has 2 aliphatic heterocycles. The van der Waals surface area contributed by atoms with Crippen LogP contribution in [0.3, 0.4) is 0 Å². The molecule has 0 spiro atoms. The first kappa shape index (κ1) is 5.22. The van der Waals surface area contributed by atoms with E-state index in [0.29, 0.717) is 11.4 Å². The zero-order valence-corrected chi connectivity index (χ0v) is 5.11. The molecule has 0 atom stereocenters. The van der Waals surface area contributed by atoms with Crippen molar-refractivity contribution >= 4 is 5.69 Å². The number of fused-ring (bicyclic) bond motifs is 1. The van der Waals surface area contributed by atoms with Crippen LogP contribution in [0, 0.1) is 0 Å². The molecule has 2 N–H and O–H groups in total. The molecule has 0 aromatic rings. The number of hydrogen-bond acceptors (Lipinski definition) is 4. The van der Waals surface area contributed by atoms with Gasteiger partial charge in [-0.3, -0.25) is 0 Å². The first-order valence-corrected chi connectivity index (χ1v) is 2.81. The second-order valence-corrected chi connectivity index (χ2v) is 1.98. The van der Waals surface area contributed by atoms with Gasteiger partial charge in [0.25, 0.3) is 0 Å². The van der Waals surface area contributed by atoms with Crippen molar-refractivity contribution < 1.29 is 4.42 Å². The lowest BCUT2D eigenvalue weighted by Crippen LogP contribution is -1.88. The minimum atomic E-state index is 0.523. The maximum absolute atomic E-state index is 5.50. The van der Waals surface area contributed by atoms with Gasteiger partial charge >= 0.3 is 0 Å². The third kappa shape index (κ3) is 0.556. The molecular weight excluding hydrogens is 130 g/mol. The van der Waals surface area contributed by atoms with Crippen molar-refractivity contribution in [3.63, 3.8) is 0 Å². The summed E-state index contributed by atoms with van der Waals surface area (Å²) in [6, 6.07) is 0. The SMILES string of the molecule is Nc1cocc2cnnc1-2. The van der Waals surface area contributed by atoms with Crippen molar-refractivity contribution in [1.82, 2.24) is 10.2 Å². The maximum Gasteiger partial charge on any atom is 0.124 e. The summed E-state index contributed by atoms with van der Waals surface area (Å²) in [6.45, 7) is 0. The van der Waals surface area contributed by atoms with Crippen LogP contribution in [-0.2, 0) is 0 Å². The molecule has 0 amide bonds. The molecule has 0 radical (unpaired) electrons. The number of nitrogens with two attached hydrogens (primary N) is 1. The lowest BCUT2D eigenvalue weighted by atomic mass is 10.2. The predicted octanol–water partition coefficient (Wildman–Crippen LogP) is 0.757. The smallest absolute Gasteiger partial charge is 0.124 e. The Balaban J connectivity index is 2.80. The summed E-state index contributed by atoms with van der Waals surface area (Å²) in [6.07, 6.45) is 4.61. The minimum absolute atomic E-state index is 0.523. The van der Waals surface area contributed by atoms with Gasteiger partial charge in [0.05, 0.1) is 17.4 Å². The van der Waals surface area contributed by atoms with Gasteiger partial charge in [-0.25, -0.2) is 0 Å². The van der Waals surface area contributed by atoms with Crippen LogP contribution in [0.25, 0.3) is 11.3 Å². The van der Waals surface area contributed by atoms with Crippen LogP contribution in [0.5, 0.6) is 0 Å². The Kier molecular flexibility index (Phi) is 0.887. The van der Waals surface area contributed by atoms with E-state index in [9.17, 15) is 0 Å². The fraction of sp³-hybridized carbons (Fsp3) is 0. The maximum atomic E-state index is 5.50. The van der Waals surface area contributed by atoms with Crippen molar-refractivity contribution in [1.29, 1.82) is 0 Å². The molecular formula is C6H5N3O.